The lowest BCUT2D eigenvalue weighted by Gasteiger charge is -2.06. The first kappa shape index (κ1) is 11.9. The van der Waals surface area contributed by atoms with Crippen LogP contribution in [0, 0.1) is 5.82 Å². The van der Waals surface area contributed by atoms with Crippen LogP contribution in [0.15, 0.2) is 22.7 Å². The number of halogens is 2. The molecule has 0 atom stereocenters. The third kappa shape index (κ3) is 2.13. The van der Waals surface area contributed by atoms with E-state index in [4.69, 9.17) is 21.9 Å². The van der Waals surface area contributed by atoms with E-state index < -0.39 is 5.82 Å². The number of hydrogen-bond acceptors (Lipinski definition) is 3. The lowest BCUT2D eigenvalue weighted by molar-refractivity contribution is 0.432. The second kappa shape index (κ2) is 4.37. The second-order valence-corrected chi connectivity index (χ2v) is 4.53. The number of nitrogens with zero attached hydrogens (tertiary/aromatic N) is 1. The van der Waals surface area contributed by atoms with Gasteiger partial charge >= 0.3 is 0 Å². The highest BCUT2D eigenvalue weighted by atomic mass is 35.5. The Hall–Kier alpha value is -1.55. The molecule has 1 heterocycles. The summed E-state index contributed by atoms with van der Waals surface area (Å²) < 4.78 is 18.9. The summed E-state index contributed by atoms with van der Waals surface area (Å²) >= 11 is 5.70. The zero-order valence-electron chi connectivity index (χ0n) is 9.50. The summed E-state index contributed by atoms with van der Waals surface area (Å²) in [7, 11) is 0. The van der Waals surface area contributed by atoms with E-state index in [0.29, 0.717) is 27.7 Å². The lowest BCUT2D eigenvalue weighted by atomic mass is 9.99. The van der Waals surface area contributed by atoms with E-state index in [-0.39, 0.29) is 5.92 Å². The van der Waals surface area contributed by atoms with Crippen LogP contribution in [0.3, 0.4) is 0 Å². The van der Waals surface area contributed by atoms with Gasteiger partial charge < -0.3 is 10.3 Å². The first-order valence-electron chi connectivity index (χ1n) is 5.21. The van der Waals surface area contributed by atoms with E-state index in [1.807, 2.05) is 13.8 Å². The summed E-state index contributed by atoms with van der Waals surface area (Å²) in [6.07, 6.45) is 0. The van der Waals surface area contributed by atoms with Gasteiger partial charge in [-0.3, -0.25) is 0 Å². The van der Waals surface area contributed by atoms with Gasteiger partial charge in [0.05, 0.1) is 5.56 Å². The molecule has 5 heteroatoms. The summed E-state index contributed by atoms with van der Waals surface area (Å²) in [6, 6.07) is 4.39. The summed E-state index contributed by atoms with van der Waals surface area (Å²) in [5.41, 5.74) is 6.74. The number of nitrogen functional groups attached to an aromatic ring is 1. The maximum absolute atomic E-state index is 13.8. The molecule has 0 aliphatic heterocycles. The average molecular weight is 255 g/mol. The van der Waals surface area contributed by atoms with Gasteiger partial charge in [-0.05, 0) is 24.1 Å². The van der Waals surface area contributed by atoms with E-state index in [0.717, 1.165) is 0 Å². The fourth-order valence-electron chi connectivity index (χ4n) is 1.74. The molecule has 1 aromatic carbocycles. The third-order valence-corrected chi connectivity index (χ3v) is 2.74. The molecule has 0 aliphatic rings. The van der Waals surface area contributed by atoms with Crippen molar-refractivity contribution in [2.45, 2.75) is 19.8 Å². The van der Waals surface area contributed by atoms with Crippen LogP contribution in [0.5, 0.6) is 0 Å². The number of anilines is 1. The van der Waals surface area contributed by atoms with E-state index in [1.54, 1.807) is 12.1 Å². The van der Waals surface area contributed by atoms with E-state index >= 15 is 0 Å². The van der Waals surface area contributed by atoms with Crippen molar-refractivity contribution >= 4 is 17.4 Å². The zero-order valence-corrected chi connectivity index (χ0v) is 10.3. The Morgan fingerprint density at radius 3 is 2.71 bits per heavy atom. The van der Waals surface area contributed by atoms with Gasteiger partial charge in [0.1, 0.15) is 5.82 Å². The van der Waals surface area contributed by atoms with Crippen molar-refractivity contribution in [3.8, 4) is 11.3 Å². The molecule has 0 aliphatic carbocycles. The zero-order chi connectivity index (χ0) is 12.6. The van der Waals surface area contributed by atoms with Crippen molar-refractivity contribution in [2.24, 2.45) is 0 Å². The Bertz CT molecular complexity index is 551. The van der Waals surface area contributed by atoms with Gasteiger partial charge in [0, 0.05) is 10.6 Å². The van der Waals surface area contributed by atoms with Crippen LogP contribution in [-0.4, -0.2) is 5.16 Å². The molecule has 2 aromatic rings. The predicted octanol–water partition coefficient (Wildman–Crippen LogP) is 3.84. The average Bonchev–Trinajstić information content (AvgIpc) is 2.60. The normalized spacial score (nSPS) is 11.1. The number of aromatic nitrogens is 1. The van der Waals surface area contributed by atoms with Crippen LogP contribution in [0.2, 0.25) is 5.02 Å². The number of hydrogen-bond donors (Lipinski definition) is 1. The second-order valence-electron chi connectivity index (χ2n) is 4.09. The largest absolute Gasteiger partial charge is 0.381 e. The number of benzene rings is 1. The SMILES string of the molecule is CC(C)c1c(N)noc1-c1ccc(Cl)cc1F. The molecule has 0 fully saturated rings. The van der Waals surface area contributed by atoms with Crippen molar-refractivity contribution in [3.05, 3.63) is 34.6 Å². The van der Waals surface area contributed by atoms with Gasteiger partial charge in [0.25, 0.3) is 0 Å². The Balaban J connectivity index is 2.61. The molecule has 0 saturated carbocycles. The smallest absolute Gasteiger partial charge is 0.175 e. The monoisotopic (exact) mass is 254 g/mol. The molecule has 0 spiro atoms. The van der Waals surface area contributed by atoms with Crippen LogP contribution >= 0.6 is 11.6 Å². The Morgan fingerprint density at radius 2 is 2.12 bits per heavy atom. The van der Waals surface area contributed by atoms with Crippen molar-refractivity contribution < 1.29 is 8.91 Å². The van der Waals surface area contributed by atoms with Crippen molar-refractivity contribution in [1.82, 2.24) is 5.16 Å². The fraction of sp³-hybridized carbons (Fsp3) is 0.250. The number of nitrogens with two attached hydrogens (primary N) is 1. The molecule has 90 valence electrons. The van der Waals surface area contributed by atoms with Gasteiger partial charge in [0.15, 0.2) is 11.6 Å². The van der Waals surface area contributed by atoms with Crippen molar-refractivity contribution in [2.75, 3.05) is 5.73 Å². The molecule has 0 unspecified atom stereocenters. The molecule has 3 nitrogen and oxygen atoms in total. The van der Waals surface area contributed by atoms with Crippen LogP contribution < -0.4 is 5.73 Å². The molecule has 0 radical (unpaired) electrons. The Morgan fingerprint density at radius 1 is 1.41 bits per heavy atom. The van der Waals surface area contributed by atoms with Gasteiger partial charge in [-0.15, -0.1) is 0 Å². The van der Waals surface area contributed by atoms with Crippen LogP contribution in [-0.2, 0) is 0 Å². The topological polar surface area (TPSA) is 52.0 Å². The first-order valence-corrected chi connectivity index (χ1v) is 5.59. The van der Waals surface area contributed by atoms with E-state index in [9.17, 15) is 4.39 Å². The summed E-state index contributed by atoms with van der Waals surface area (Å²) in [5.74, 6) is 0.317. The predicted molar refractivity (Wildman–Crippen MR) is 65.4 cm³/mol. The highest BCUT2D eigenvalue weighted by Crippen LogP contribution is 2.35. The fourth-order valence-corrected chi connectivity index (χ4v) is 1.89. The minimum atomic E-state index is -0.449. The summed E-state index contributed by atoms with van der Waals surface area (Å²) in [4.78, 5) is 0. The highest BCUT2D eigenvalue weighted by molar-refractivity contribution is 6.30. The molecule has 0 bridgehead atoms. The molecule has 2 rings (SSSR count). The lowest BCUT2D eigenvalue weighted by Crippen LogP contribution is -1.96. The third-order valence-electron chi connectivity index (χ3n) is 2.51. The molecule has 17 heavy (non-hydrogen) atoms. The van der Waals surface area contributed by atoms with Crippen LogP contribution in [0.1, 0.15) is 25.3 Å². The molecular weight excluding hydrogens is 243 g/mol. The highest BCUT2D eigenvalue weighted by Gasteiger charge is 2.21. The maximum atomic E-state index is 13.8. The van der Waals surface area contributed by atoms with Gasteiger partial charge in [-0.1, -0.05) is 30.6 Å². The van der Waals surface area contributed by atoms with Gasteiger partial charge in [-0.25, -0.2) is 4.39 Å². The molecule has 0 amide bonds. The van der Waals surface area contributed by atoms with Gasteiger partial charge in [-0.2, -0.15) is 0 Å². The summed E-state index contributed by atoms with van der Waals surface area (Å²) in [6.45, 7) is 3.89. The minimum absolute atomic E-state index is 0.103. The van der Waals surface area contributed by atoms with Crippen molar-refractivity contribution in [1.29, 1.82) is 0 Å². The Kier molecular flexibility index (Phi) is 3.07. The molecule has 1 aromatic heterocycles. The minimum Gasteiger partial charge on any atom is -0.381 e. The van der Waals surface area contributed by atoms with E-state index in [2.05, 4.69) is 5.16 Å². The summed E-state index contributed by atoms with van der Waals surface area (Å²) in [5, 5.41) is 4.02. The number of rotatable bonds is 2. The van der Waals surface area contributed by atoms with Crippen molar-refractivity contribution in [3.63, 3.8) is 0 Å². The van der Waals surface area contributed by atoms with E-state index in [1.165, 1.54) is 6.07 Å². The quantitative estimate of drug-likeness (QED) is 0.886. The van der Waals surface area contributed by atoms with Crippen LogP contribution in [0.25, 0.3) is 11.3 Å². The maximum Gasteiger partial charge on any atom is 0.175 e. The first-order chi connectivity index (χ1) is 8.00. The molecule has 0 saturated heterocycles. The Labute approximate surface area is 103 Å². The van der Waals surface area contributed by atoms with Gasteiger partial charge in [0.2, 0.25) is 0 Å². The molecular formula is C12H12ClFN2O. The molecule has 2 N–H and O–H groups in total. The van der Waals surface area contributed by atoms with Crippen LogP contribution in [0.4, 0.5) is 10.2 Å². The standard InChI is InChI=1S/C12H12ClFN2O/c1-6(2)10-11(17-16-12(10)15)8-4-3-7(13)5-9(8)14/h3-6H,1-2H3,(H2,15,16).